The van der Waals surface area contributed by atoms with E-state index >= 15 is 4.39 Å². The first-order valence-electron chi connectivity index (χ1n) is 20.7. The lowest BCUT2D eigenvalue weighted by atomic mass is 9.73. The number of alkyl halides is 1. The van der Waals surface area contributed by atoms with Crippen LogP contribution < -0.4 is 0 Å². The number of fused-ring (bicyclic) bond motifs is 5. The summed E-state index contributed by atoms with van der Waals surface area (Å²) in [7, 11) is 3.63. The van der Waals surface area contributed by atoms with Gasteiger partial charge in [-0.3, -0.25) is 14.6 Å². The number of oxime groups is 1. The molecule has 0 aromatic carbocycles. The number of hydrogen-bond acceptors (Lipinski definition) is 17. The number of Topliss-reactive ketones (excluding diaryl/α,β-unsaturated/α-hetero) is 1. The maximum atomic E-state index is 16.9. The number of pyridine rings is 1. The normalized spacial score (nSPS) is 38.4. The fourth-order valence-electron chi connectivity index (χ4n) is 8.75. The molecule has 2 aromatic rings. The van der Waals surface area contributed by atoms with Gasteiger partial charge in [0.25, 0.3) is 5.67 Å². The number of amides is 1. The van der Waals surface area contributed by atoms with Crippen molar-refractivity contribution in [2.45, 2.75) is 148 Å². The van der Waals surface area contributed by atoms with Crippen LogP contribution in [0, 0.1) is 17.8 Å². The van der Waals surface area contributed by atoms with Crippen LogP contribution in [0.4, 0.5) is 4.39 Å². The first-order valence-corrected chi connectivity index (χ1v) is 21.5. The zero-order valence-corrected chi connectivity index (χ0v) is 37.7. The number of hydrogen-bond donors (Lipinski definition) is 2. The van der Waals surface area contributed by atoms with E-state index in [0.29, 0.717) is 29.1 Å². The number of aliphatic hydroxyl groups excluding tert-OH is 1. The van der Waals surface area contributed by atoms with E-state index in [4.69, 9.17) is 28.5 Å². The summed E-state index contributed by atoms with van der Waals surface area (Å²) in [6.07, 6.45) is -4.88. The van der Waals surface area contributed by atoms with Gasteiger partial charge in [-0.05, 0) is 84.6 Å². The van der Waals surface area contributed by atoms with Gasteiger partial charge < -0.3 is 43.6 Å². The predicted octanol–water partition coefficient (Wildman–Crippen LogP) is 4.13. The highest BCUT2D eigenvalue weighted by Crippen LogP contribution is 2.41. The molecule has 17 nitrogen and oxygen atoms in total. The Hall–Kier alpha value is -3.69. The average Bonchev–Trinajstić information content (AvgIpc) is 3.74. The molecule has 3 aliphatic heterocycles. The van der Waals surface area contributed by atoms with Crippen molar-refractivity contribution in [1.29, 1.82) is 0 Å². The molecule has 13 atom stereocenters. The molecule has 0 saturated carbocycles. The Kier molecular flexibility index (Phi) is 15.7. The lowest BCUT2D eigenvalue weighted by molar-refractivity contribution is -0.296. The van der Waals surface area contributed by atoms with E-state index in [-0.39, 0.29) is 44.5 Å². The molecule has 338 valence electrons. The van der Waals surface area contributed by atoms with E-state index in [9.17, 15) is 24.6 Å². The lowest BCUT2D eigenvalue weighted by Crippen LogP contribution is -2.61. The summed E-state index contributed by atoms with van der Waals surface area (Å²) < 4.78 is 52.6. The smallest absolute Gasteiger partial charge is 0.351 e. The Labute approximate surface area is 360 Å². The number of ketones is 1. The zero-order valence-electron chi connectivity index (χ0n) is 36.9. The van der Waals surface area contributed by atoms with Crippen LogP contribution >= 0.6 is 11.5 Å². The second-order valence-corrected chi connectivity index (χ2v) is 18.0. The van der Waals surface area contributed by atoms with Crippen LogP contribution in [0.15, 0.2) is 33.9 Å². The summed E-state index contributed by atoms with van der Waals surface area (Å²) >= 11 is 1.21. The lowest BCUT2D eigenvalue weighted by Gasteiger charge is -2.47. The van der Waals surface area contributed by atoms with Crippen LogP contribution in [-0.4, -0.2) is 146 Å². The second-order valence-electron chi connectivity index (χ2n) is 17.4. The van der Waals surface area contributed by atoms with Crippen molar-refractivity contribution >= 4 is 40.6 Å². The topological polar surface area (TPSA) is 214 Å². The van der Waals surface area contributed by atoms with Crippen molar-refractivity contribution in [3.8, 4) is 11.4 Å². The highest BCUT2D eigenvalue weighted by molar-refractivity contribution is 7.03. The van der Waals surface area contributed by atoms with Gasteiger partial charge in [-0.15, -0.1) is 5.10 Å². The highest BCUT2D eigenvalue weighted by atomic mass is 32.1. The quantitative estimate of drug-likeness (QED) is 0.217. The molecule has 2 bridgehead atoms. The van der Waals surface area contributed by atoms with Crippen molar-refractivity contribution in [2.24, 2.45) is 27.9 Å². The molecular formula is C42H61FN6O11S. The summed E-state index contributed by atoms with van der Waals surface area (Å²) in [5.41, 5.74) is -4.36. The Bertz CT molecular complexity index is 1900. The van der Waals surface area contributed by atoms with Crippen molar-refractivity contribution < 1.29 is 57.5 Å². The van der Waals surface area contributed by atoms with Gasteiger partial charge in [-0.2, -0.15) is 0 Å². The Morgan fingerprint density at radius 2 is 1.82 bits per heavy atom. The third kappa shape index (κ3) is 10.9. The largest absolute Gasteiger partial charge is 0.457 e. The maximum Gasteiger partial charge on any atom is 0.351 e. The number of esters is 1. The minimum absolute atomic E-state index is 0.00138. The molecule has 3 aliphatic rings. The molecule has 0 unspecified atom stereocenters. The van der Waals surface area contributed by atoms with Crippen LogP contribution in [0.2, 0.25) is 0 Å². The minimum atomic E-state index is -3.22. The van der Waals surface area contributed by atoms with Gasteiger partial charge in [0, 0.05) is 47.7 Å². The van der Waals surface area contributed by atoms with Gasteiger partial charge in [-0.1, -0.05) is 43.4 Å². The molecule has 1 amide bonds. The van der Waals surface area contributed by atoms with Crippen LogP contribution in [0.1, 0.15) is 87.1 Å². The summed E-state index contributed by atoms with van der Waals surface area (Å²) in [6, 6.07) is 3.19. The van der Waals surface area contributed by atoms with E-state index in [0.717, 1.165) is 6.92 Å². The van der Waals surface area contributed by atoms with E-state index in [1.54, 1.807) is 38.4 Å². The second kappa shape index (κ2) is 19.8. The molecule has 0 spiro atoms. The third-order valence-electron chi connectivity index (χ3n) is 12.0. The number of ether oxygens (including phenoxy) is 5. The molecule has 0 aliphatic carbocycles. The van der Waals surface area contributed by atoms with E-state index in [2.05, 4.69) is 24.7 Å². The fourth-order valence-corrected chi connectivity index (χ4v) is 9.20. The first kappa shape index (κ1) is 48.3. The number of nitrogens with zero attached hydrogens (tertiary/aromatic N) is 6. The number of carbonyl (C=O) groups is 3. The molecule has 61 heavy (non-hydrogen) atoms. The average molecular weight is 877 g/mol. The molecule has 0 radical (unpaired) electrons. The summed E-state index contributed by atoms with van der Waals surface area (Å²) in [4.78, 5) is 57.7. The number of halogens is 1. The number of cyclic esters (lactones) is 1. The van der Waals surface area contributed by atoms with Gasteiger partial charge in [0.2, 0.25) is 5.91 Å². The van der Waals surface area contributed by atoms with Gasteiger partial charge in [0.1, 0.15) is 35.8 Å². The van der Waals surface area contributed by atoms with E-state index in [1.165, 1.54) is 32.3 Å². The summed E-state index contributed by atoms with van der Waals surface area (Å²) in [5.74, 6) is -6.11. The molecule has 3 fully saturated rings. The van der Waals surface area contributed by atoms with E-state index in [1.807, 2.05) is 38.9 Å². The SMILES string of the molecule is CC[C@H]1OC(=O)[C@@](C)(F)C(=O)[C@H](C)[C@@H](O[C@@H]2O[C@H](C)C[C@H](N(C)C)[C@H]2O)[C@@]2(C)C[C@@H](C)C(=NC(C)=O)[C@H](C)[C@H](OC/C(=N\OCc3ccc(-c4csnn4)nc3)CO2)[C@]1(C)O. The van der Waals surface area contributed by atoms with Crippen LogP contribution in [-0.2, 0) is 49.5 Å². The van der Waals surface area contributed by atoms with Gasteiger partial charge in [-0.25, -0.2) is 14.2 Å². The number of likely N-dealkylation sites (N-methyl/N-ethyl adjacent to an activating group) is 1. The monoisotopic (exact) mass is 876 g/mol. The number of rotatable bonds is 8. The van der Waals surface area contributed by atoms with Crippen LogP contribution in [0.25, 0.3) is 11.4 Å². The number of carbonyl (C=O) groups excluding carboxylic acids is 3. The van der Waals surface area contributed by atoms with Gasteiger partial charge in [0.05, 0.1) is 42.8 Å². The van der Waals surface area contributed by atoms with Crippen molar-refractivity contribution in [3.63, 3.8) is 0 Å². The fraction of sp³-hybridized carbons (Fsp3) is 0.714. The number of aromatic nitrogens is 3. The van der Waals surface area contributed by atoms with Gasteiger partial charge in [0.15, 0.2) is 12.1 Å². The van der Waals surface area contributed by atoms with Crippen LogP contribution in [0.3, 0.4) is 0 Å². The Morgan fingerprint density at radius 1 is 1.10 bits per heavy atom. The molecular weight excluding hydrogens is 816 g/mol. The first-order chi connectivity index (χ1) is 28.6. The Balaban J connectivity index is 1.65. The maximum absolute atomic E-state index is 16.9. The number of aliphatic hydroxyl groups is 2. The Morgan fingerprint density at radius 3 is 2.43 bits per heavy atom. The van der Waals surface area contributed by atoms with Crippen molar-refractivity contribution in [1.82, 2.24) is 19.5 Å². The van der Waals surface area contributed by atoms with Gasteiger partial charge >= 0.3 is 5.97 Å². The summed E-state index contributed by atoms with van der Waals surface area (Å²) in [5, 5.41) is 34.3. The molecule has 5 heterocycles. The molecule has 2 aromatic heterocycles. The predicted molar refractivity (Wildman–Crippen MR) is 222 cm³/mol. The minimum Gasteiger partial charge on any atom is -0.457 e. The molecule has 5 rings (SSSR count). The van der Waals surface area contributed by atoms with Crippen LogP contribution in [0.5, 0.6) is 0 Å². The highest BCUT2D eigenvalue weighted by Gasteiger charge is 2.56. The third-order valence-corrected chi connectivity index (χ3v) is 12.5. The molecule has 2 N–H and O–H groups in total. The number of aliphatic imine (C=N–C) groups is 1. The summed E-state index contributed by atoms with van der Waals surface area (Å²) in [6.45, 7) is 13.0. The molecule has 19 heteroatoms. The standard InChI is InChI=1S/C42H61FN6O11S/c1-12-32-42(9,54)37-24(4)33(45-26(6)50)22(2)16-40(7,56-20-28(19-55-37)47-57-18-27-13-14-29(44-17-27)30-21-61-48-46-30)36(25(5)35(52)41(8,43)39(53)59-32)60-38-34(51)31(49(10)11)15-23(3)58-38/h13-14,17,21-25,31-32,34,36-38,51,54H,12,15-16,18-20H2,1-11H3/b45-33?,47-28+/t22-,23-,24+,25+,31+,32-,34-,36-,37+,38+,40-,41+,42-/m1/s1. The molecule has 3 saturated heterocycles. The van der Waals surface area contributed by atoms with Crippen molar-refractivity contribution in [3.05, 3.63) is 29.3 Å². The zero-order chi connectivity index (χ0) is 45.0. The van der Waals surface area contributed by atoms with Crippen molar-refractivity contribution in [2.75, 3.05) is 27.3 Å². The van der Waals surface area contributed by atoms with E-state index < -0.39 is 89.0 Å².